The molecule has 7 heteroatoms. The van der Waals surface area contributed by atoms with Crippen molar-refractivity contribution in [3.8, 4) is 0 Å². The van der Waals surface area contributed by atoms with Crippen LogP contribution >= 0.6 is 7.75 Å². The standard InChI is InChI=1S/C11H24N3O3P/c1-9(2)16-18(15,17-10(3)4)12-11-13(5)7-8-14(11)6/h9-10H,7-8H2,1-6H3. The van der Waals surface area contributed by atoms with Gasteiger partial charge in [-0.1, -0.05) is 0 Å². The molecule has 1 rings (SSSR count). The zero-order valence-electron chi connectivity index (χ0n) is 12.1. The lowest BCUT2D eigenvalue weighted by Gasteiger charge is -2.22. The van der Waals surface area contributed by atoms with E-state index in [2.05, 4.69) is 4.76 Å². The van der Waals surface area contributed by atoms with Gasteiger partial charge in [0.1, 0.15) is 0 Å². The molecule has 1 fully saturated rings. The van der Waals surface area contributed by atoms with Crippen LogP contribution in [-0.2, 0) is 13.6 Å². The second-order valence-electron chi connectivity index (χ2n) is 5.02. The minimum absolute atomic E-state index is 0.198. The molecule has 18 heavy (non-hydrogen) atoms. The molecule has 0 bridgehead atoms. The molecule has 0 radical (unpaired) electrons. The van der Waals surface area contributed by atoms with Crippen LogP contribution in [0.1, 0.15) is 27.7 Å². The molecular formula is C11H24N3O3P. The summed E-state index contributed by atoms with van der Waals surface area (Å²) in [6, 6.07) is 0. The van der Waals surface area contributed by atoms with Gasteiger partial charge in [0.25, 0.3) is 0 Å². The van der Waals surface area contributed by atoms with Crippen LogP contribution in [-0.4, -0.2) is 55.2 Å². The van der Waals surface area contributed by atoms with E-state index >= 15 is 0 Å². The fourth-order valence-electron chi connectivity index (χ4n) is 1.66. The first-order chi connectivity index (χ1) is 8.23. The summed E-state index contributed by atoms with van der Waals surface area (Å²) >= 11 is 0. The summed E-state index contributed by atoms with van der Waals surface area (Å²) in [6.45, 7) is 8.99. The zero-order chi connectivity index (χ0) is 13.9. The molecular weight excluding hydrogens is 253 g/mol. The van der Waals surface area contributed by atoms with Crippen LogP contribution in [0.25, 0.3) is 0 Å². The van der Waals surface area contributed by atoms with Crippen molar-refractivity contribution in [3.63, 3.8) is 0 Å². The molecule has 1 heterocycles. The van der Waals surface area contributed by atoms with Crippen molar-refractivity contribution < 1.29 is 13.6 Å². The molecule has 1 aliphatic heterocycles. The van der Waals surface area contributed by atoms with E-state index < -0.39 is 7.75 Å². The molecule has 0 amide bonds. The van der Waals surface area contributed by atoms with Crippen LogP contribution < -0.4 is 0 Å². The molecule has 0 aromatic heterocycles. The second kappa shape index (κ2) is 6.04. The Balaban J connectivity index is 2.96. The van der Waals surface area contributed by atoms with Crippen LogP contribution in [0.4, 0.5) is 0 Å². The SMILES string of the molecule is CC(C)OP(=O)(N=C1N(C)CCN1C)OC(C)C. The smallest absolute Gasteiger partial charge is 0.344 e. The van der Waals surface area contributed by atoms with Gasteiger partial charge in [0.2, 0.25) is 5.96 Å². The van der Waals surface area contributed by atoms with Gasteiger partial charge < -0.3 is 9.80 Å². The van der Waals surface area contributed by atoms with Crippen molar-refractivity contribution >= 4 is 13.7 Å². The molecule has 0 unspecified atom stereocenters. The van der Waals surface area contributed by atoms with Crippen molar-refractivity contribution in [1.82, 2.24) is 9.80 Å². The zero-order valence-corrected chi connectivity index (χ0v) is 13.0. The molecule has 0 aromatic carbocycles. The number of nitrogens with zero attached hydrogens (tertiary/aromatic N) is 3. The van der Waals surface area contributed by atoms with Gasteiger partial charge in [0, 0.05) is 27.2 Å². The fraction of sp³-hybridized carbons (Fsp3) is 0.909. The van der Waals surface area contributed by atoms with Crippen molar-refractivity contribution in [3.05, 3.63) is 0 Å². The molecule has 0 aliphatic carbocycles. The van der Waals surface area contributed by atoms with Crippen molar-refractivity contribution in [2.75, 3.05) is 27.2 Å². The van der Waals surface area contributed by atoms with Gasteiger partial charge in [-0.05, 0) is 27.7 Å². The summed E-state index contributed by atoms with van der Waals surface area (Å²) in [5.74, 6) is 0.652. The summed E-state index contributed by atoms with van der Waals surface area (Å²) < 4.78 is 27.6. The fourth-order valence-corrected chi connectivity index (χ4v) is 3.39. The van der Waals surface area contributed by atoms with Gasteiger partial charge in [0.05, 0.1) is 12.2 Å². The molecule has 0 aromatic rings. The van der Waals surface area contributed by atoms with Gasteiger partial charge in [-0.3, -0.25) is 9.05 Å². The summed E-state index contributed by atoms with van der Waals surface area (Å²) in [5, 5.41) is 0. The van der Waals surface area contributed by atoms with Crippen molar-refractivity contribution in [2.24, 2.45) is 4.76 Å². The Hall–Kier alpha value is -0.580. The van der Waals surface area contributed by atoms with E-state index in [1.165, 1.54) is 0 Å². The Morgan fingerprint density at radius 3 is 1.78 bits per heavy atom. The Bertz CT molecular complexity index is 331. The highest BCUT2D eigenvalue weighted by Gasteiger charge is 2.31. The predicted molar refractivity (Wildman–Crippen MR) is 72.7 cm³/mol. The van der Waals surface area contributed by atoms with Crippen LogP contribution in [0.2, 0.25) is 0 Å². The normalized spacial score (nSPS) is 17.2. The molecule has 0 saturated carbocycles. The van der Waals surface area contributed by atoms with Crippen LogP contribution in [0, 0.1) is 0 Å². The second-order valence-corrected chi connectivity index (χ2v) is 6.58. The van der Waals surface area contributed by atoms with E-state index in [0.717, 1.165) is 13.1 Å². The van der Waals surface area contributed by atoms with E-state index in [-0.39, 0.29) is 12.2 Å². The lowest BCUT2D eigenvalue weighted by atomic mass is 10.5. The first-order valence-corrected chi connectivity index (χ1v) is 7.72. The van der Waals surface area contributed by atoms with Gasteiger partial charge >= 0.3 is 7.75 Å². The summed E-state index contributed by atoms with van der Waals surface area (Å²) in [6.07, 6.45) is -0.396. The third-order valence-electron chi connectivity index (χ3n) is 2.35. The highest BCUT2D eigenvalue weighted by atomic mass is 31.2. The quantitative estimate of drug-likeness (QED) is 0.721. The van der Waals surface area contributed by atoms with Crippen molar-refractivity contribution in [2.45, 2.75) is 39.9 Å². The lowest BCUT2D eigenvalue weighted by molar-refractivity contribution is 0.143. The minimum Gasteiger partial charge on any atom is -0.344 e. The van der Waals surface area contributed by atoms with Crippen LogP contribution in [0.3, 0.4) is 0 Å². The monoisotopic (exact) mass is 277 g/mol. The Morgan fingerprint density at radius 1 is 1.06 bits per heavy atom. The average Bonchev–Trinajstić information content (AvgIpc) is 2.46. The van der Waals surface area contributed by atoms with Gasteiger partial charge in [-0.25, -0.2) is 4.57 Å². The van der Waals surface area contributed by atoms with E-state index in [1.54, 1.807) is 0 Å². The highest BCUT2D eigenvalue weighted by Crippen LogP contribution is 2.52. The Labute approximate surface area is 110 Å². The highest BCUT2D eigenvalue weighted by molar-refractivity contribution is 7.52. The summed E-state index contributed by atoms with van der Waals surface area (Å²) in [5.41, 5.74) is 0. The number of hydrogen-bond acceptors (Lipinski definition) is 3. The van der Waals surface area contributed by atoms with E-state index in [1.807, 2.05) is 51.6 Å². The van der Waals surface area contributed by atoms with E-state index in [4.69, 9.17) is 9.05 Å². The third-order valence-corrected chi connectivity index (χ3v) is 4.15. The number of likely N-dealkylation sites (N-methyl/N-ethyl adjacent to an activating group) is 2. The summed E-state index contributed by atoms with van der Waals surface area (Å²) in [4.78, 5) is 3.89. The number of hydrogen-bond donors (Lipinski definition) is 0. The molecule has 1 aliphatic rings. The summed E-state index contributed by atoms with van der Waals surface area (Å²) in [7, 11) is 0.377. The number of rotatable bonds is 5. The molecule has 0 N–H and O–H groups in total. The van der Waals surface area contributed by atoms with Gasteiger partial charge in [-0.2, -0.15) is 0 Å². The van der Waals surface area contributed by atoms with Gasteiger partial charge in [-0.15, -0.1) is 4.76 Å². The lowest BCUT2D eigenvalue weighted by Crippen LogP contribution is -2.28. The first kappa shape index (κ1) is 15.5. The molecule has 106 valence electrons. The maximum atomic E-state index is 12.6. The minimum atomic E-state index is -3.45. The number of guanidine groups is 1. The maximum absolute atomic E-state index is 12.6. The predicted octanol–water partition coefficient (Wildman–Crippen LogP) is 2.18. The average molecular weight is 277 g/mol. The van der Waals surface area contributed by atoms with E-state index in [0.29, 0.717) is 5.96 Å². The molecule has 6 nitrogen and oxygen atoms in total. The van der Waals surface area contributed by atoms with Crippen LogP contribution in [0.5, 0.6) is 0 Å². The topological polar surface area (TPSA) is 54.4 Å². The Morgan fingerprint density at radius 2 is 1.44 bits per heavy atom. The molecule has 1 saturated heterocycles. The largest absolute Gasteiger partial charge is 0.457 e. The third kappa shape index (κ3) is 4.26. The maximum Gasteiger partial charge on any atom is 0.457 e. The van der Waals surface area contributed by atoms with Gasteiger partial charge in [0.15, 0.2) is 0 Å². The van der Waals surface area contributed by atoms with Crippen LogP contribution in [0.15, 0.2) is 4.76 Å². The first-order valence-electron chi connectivity index (χ1n) is 6.23. The molecule has 0 atom stereocenters. The Kier molecular flexibility index (Phi) is 5.20. The molecule has 0 spiro atoms. The van der Waals surface area contributed by atoms with Crippen molar-refractivity contribution in [1.29, 1.82) is 0 Å². The van der Waals surface area contributed by atoms with E-state index in [9.17, 15) is 4.57 Å².